The number of rotatable bonds is 6. The van der Waals surface area contributed by atoms with Gasteiger partial charge in [-0.25, -0.2) is 4.98 Å². The molecular weight excluding hydrogens is 398 g/mol. The fourth-order valence-electron chi connectivity index (χ4n) is 4.87. The van der Waals surface area contributed by atoms with Gasteiger partial charge in [-0.2, -0.15) is 5.10 Å². The van der Waals surface area contributed by atoms with Gasteiger partial charge in [0.1, 0.15) is 5.82 Å². The van der Waals surface area contributed by atoms with E-state index in [2.05, 4.69) is 73.8 Å². The van der Waals surface area contributed by atoms with E-state index in [9.17, 15) is 4.79 Å². The first-order valence-corrected chi connectivity index (χ1v) is 12.0. The first kappa shape index (κ1) is 22.8. The van der Waals surface area contributed by atoms with E-state index in [1.807, 2.05) is 11.1 Å². The van der Waals surface area contributed by atoms with Crippen molar-refractivity contribution >= 4 is 11.7 Å². The molecule has 1 saturated carbocycles. The maximum absolute atomic E-state index is 11.5. The molecule has 0 aromatic carbocycles. The minimum Gasteiger partial charge on any atom is -0.353 e. The summed E-state index contributed by atoms with van der Waals surface area (Å²) < 4.78 is 2.14. The van der Waals surface area contributed by atoms with Crippen LogP contribution >= 0.6 is 0 Å². The topological polar surface area (TPSA) is 54.3 Å². The summed E-state index contributed by atoms with van der Waals surface area (Å²) in [5, 5.41) is 4.60. The van der Waals surface area contributed by atoms with Crippen molar-refractivity contribution in [1.82, 2.24) is 19.7 Å². The molecule has 0 bridgehead atoms. The Hall–Kier alpha value is -2.37. The van der Waals surface area contributed by atoms with E-state index < -0.39 is 0 Å². The molecule has 0 radical (unpaired) electrons. The van der Waals surface area contributed by atoms with Gasteiger partial charge >= 0.3 is 0 Å². The highest BCUT2D eigenvalue weighted by Crippen LogP contribution is 2.48. The van der Waals surface area contributed by atoms with E-state index in [4.69, 9.17) is 4.98 Å². The smallest absolute Gasteiger partial charge is 0.219 e. The van der Waals surface area contributed by atoms with E-state index in [0.29, 0.717) is 0 Å². The molecule has 3 heterocycles. The van der Waals surface area contributed by atoms with E-state index in [-0.39, 0.29) is 16.7 Å². The molecule has 2 fully saturated rings. The molecule has 2 unspecified atom stereocenters. The van der Waals surface area contributed by atoms with Crippen molar-refractivity contribution in [3.63, 3.8) is 0 Å². The number of carbonyl (C=O) groups is 1. The molecule has 6 nitrogen and oxygen atoms in total. The molecule has 1 aliphatic heterocycles. The van der Waals surface area contributed by atoms with E-state index >= 15 is 0 Å². The summed E-state index contributed by atoms with van der Waals surface area (Å²) in [6, 6.07) is 4.41. The molecule has 1 amide bonds. The van der Waals surface area contributed by atoms with Crippen LogP contribution < -0.4 is 4.90 Å². The number of hydrogen-bond acceptors (Lipinski definition) is 4. The molecule has 0 N–H and O–H groups in total. The molecule has 2 aromatic heterocycles. The van der Waals surface area contributed by atoms with Gasteiger partial charge in [-0.1, -0.05) is 40.7 Å². The predicted octanol–water partition coefficient (Wildman–Crippen LogP) is 4.25. The van der Waals surface area contributed by atoms with Crippen LogP contribution in [0.25, 0.3) is 0 Å². The number of carbonyl (C=O) groups excluding carboxylic acids is 1. The average Bonchev–Trinajstić information content (AvgIpc) is 3.24. The molecular formula is C26H39N5O. The van der Waals surface area contributed by atoms with Crippen LogP contribution in [0.1, 0.15) is 65.5 Å². The van der Waals surface area contributed by atoms with Crippen LogP contribution in [0, 0.1) is 11.8 Å². The van der Waals surface area contributed by atoms with Crippen molar-refractivity contribution in [3.8, 4) is 0 Å². The minimum absolute atomic E-state index is 0.110. The van der Waals surface area contributed by atoms with Crippen LogP contribution in [0.4, 0.5) is 5.82 Å². The summed E-state index contributed by atoms with van der Waals surface area (Å²) in [7, 11) is 0. The lowest BCUT2D eigenvalue weighted by Gasteiger charge is -2.35. The van der Waals surface area contributed by atoms with E-state index in [1.54, 1.807) is 6.92 Å². The Morgan fingerprint density at radius 3 is 2.28 bits per heavy atom. The molecule has 2 aliphatic rings. The fraction of sp³-hybridized carbons (Fsp3) is 0.654. The van der Waals surface area contributed by atoms with Crippen molar-refractivity contribution in [2.24, 2.45) is 11.8 Å². The van der Waals surface area contributed by atoms with Crippen LogP contribution in [0.3, 0.4) is 0 Å². The van der Waals surface area contributed by atoms with Gasteiger partial charge in [0.2, 0.25) is 5.91 Å². The Labute approximate surface area is 193 Å². The summed E-state index contributed by atoms with van der Waals surface area (Å²) in [6.45, 7) is 17.3. The van der Waals surface area contributed by atoms with E-state index in [0.717, 1.165) is 50.4 Å². The molecule has 174 valence electrons. The predicted molar refractivity (Wildman–Crippen MR) is 129 cm³/mol. The third-order valence-corrected chi connectivity index (χ3v) is 7.34. The molecule has 2 atom stereocenters. The Morgan fingerprint density at radius 1 is 1.00 bits per heavy atom. The zero-order valence-corrected chi connectivity index (χ0v) is 20.6. The lowest BCUT2D eigenvalue weighted by molar-refractivity contribution is -0.129. The van der Waals surface area contributed by atoms with Crippen molar-refractivity contribution < 1.29 is 4.79 Å². The number of aromatic nitrogens is 3. The van der Waals surface area contributed by atoms with Crippen LogP contribution in [-0.4, -0.2) is 51.8 Å². The first-order chi connectivity index (χ1) is 15.0. The number of nitrogens with zero attached hydrogens (tertiary/aromatic N) is 5. The second-order valence-electron chi connectivity index (χ2n) is 11.4. The normalized spacial score (nSPS) is 21.7. The van der Waals surface area contributed by atoms with Crippen LogP contribution in [0.5, 0.6) is 0 Å². The Balaban J connectivity index is 1.30. The average molecular weight is 438 g/mol. The molecule has 1 saturated heterocycles. The second kappa shape index (κ2) is 8.53. The number of anilines is 1. The van der Waals surface area contributed by atoms with Crippen LogP contribution in [-0.2, 0) is 22.2 Å². The lowest BCUT2D eigenvalue weighted by Crippen LogP contribution is -2.48. The number of pyridine rings is 1. The van der Waals surface area contributed by atoms with Gasteiger partial charge in [-0.05, 0) is 52.7 Å². The standard InChI is InChI=1S/C26H39N5O/c1-19(32)29-9-11-30(12-10-29)24-8-7-22(15-27-24)26(5,6)14-20-13-21(20)17-31-18-23(16-28-31)25(2,3)4/h7-8,15-16,18,20-21H,9-14,17H2,1-6H3. The van der Waals surface area contributed by atoms with Gasteiger partial charge in [-0.15, -0.1) is 0 Å². The van der Waals surface area contributed by atoms with E-state index in [1.165, 1.54) is 24.0 Å². The summed E-state index contributed by atoms with van der Waals surface area (Å²) >= 11 is 0. The van der Waals surface area contributed by atoms with Crippen LogP contribution in [0.15, 0.2) is 30.7 Å². The minimum atomic E-state index is 0.110. The van der Waals surface area contributed by atoms with Crippen molar-refractivity contribution in [2.45, 2.75) is 71.8 Å². The summed E-state index contributed by atoms with van der Waals surface area (Å²) in [4.78, 5) is 20.5. The SMILES string of the molecule is CC(=O)N1CCN(c2ccc(C(C)(C)CC3CC3Cn3cc(C(C)(C)C)cn3)cn2)CC1. The van der Waals surface area contributed by atoms with Gasteiger partial charge in [0.05, 0.1) is 6.20 Å². The fourth-order valence-corrected chi connectivity index (χ4v) is 4.87. The highest BCUT2D eigenvalue weighted by Gasteiger charge is 2.41. The summed E-state index contributed by atoms with van der Waals surface area (Å²) in [5.41, 5.74) is 2.88. The molecule has 6 heteroatoms. The van der Waals surface area contributed by atoms with Crippen molar-refractivity contribution in [3.05, 3.63) is 41.9 Å². The van der Waals surface area contributed by atoms with Gasteiger partial charge in [0, 0.05) is 52.0 Å². The highest BCUT2D eigenvalue weighted by atomic mass is 16.2. The largest absolute Gasteiger partial charge is 0.353 e. The first-order valence-electron chi connectivity index (χ1n) is 12.0. The Morgan fingerprint density at radius 2 is 1.72 bits per heavy atom. The number of piperazine rings is 1. The maximum atomic E-state index is 11.5. The zero-order chi connectivity index (χ0) is 23.1. The van der Waals surface area contributed by atoms with Gasteiger partial charge in [0.15, 0.2) is 0 Å². The monoisotopic (exact) mass is 437 g/mol. The molecule has 0 spiro atoms. The third-order valence-electron chi connectivity index (χ3n) is 7.34. The number of hydrogen-bond donors (Lipinski definition) is 0. The summed E-state index contributed by atoms with van der Waals surface area (Å²) in [5.74, 6) is 2.67. The Kier molecular flexibility index (Phi) is 6.08. The zero-order valence-electron chi connectivity index (χ0n) is 20.6. The second-order valence-corrected chi connectivity index (χ2v) is 11.4. The number of amides is 1. The Bertz CT molecular complexity index is 932. The maximum Gasteiger partial charge on any atom is 0.219 e. The van der Waals surface area contributed by atoms with Gasteiger partial charge in [-0.3, -0.25) is 9.48 Å². The highest BCUT2D eigenvalue weighted by molar-refractivity contribution is 5.73. The lowest BCUT2D eigenvalue weighted by atomic mass is 9.80. The van der Waals surface area contributed by atoms with Crippen molar-refractivity contribution in [2.75, 3.05) is 31.1 Å². The van der Waals surface area contributed by atoms with Crippen molar-refractivity contribution in [1.29, 1.82) is 0 Å². The third kappa shape index (κ3) is 5.16. The molecule has 4 rings (SSSR count). The van der Waals surface area contributed by atoms with Gasteiger partial charge in [0.25, 0.3) is 0 Å². The molecule has 1 aliphatic carbocycles. The molecule has 2 aromatic rings. The summed E-state index contributed by atoms with van der Waals surface area (Å²) in [6.07, 6.45) is 8.78. The van der Waals surface area contributed by atoms with Crippen LogP contribution in [0.2, 0.25) is 0 Å². The van der Waals surface area contributed by atoms with Gasteiger partial charge < -0.3 is 9.80 Å². The quantitative estimate of drug-likeness (QED) is 0.678. The molecule has 32 heavy (non-hydrogen) atoms.